The summed E-state index contributed by atoms with van der Waals surface area (Å²) in [4.78, 5) is 40.7. The van der Waals surface area contributed by atoms with Crippen molar-refractivity contribution in [3.63, 3.8) is 0 Å². The highest BCUT2D eigenvalue weighted by Crippen LogP contribution is 2.31. The molecule has 42 heavy (non-hydrogen) atoms. The van der Waals surface area contributed by atoms with Crippen molar-refractivity contribution in [1.82, 2.24) is 19.9 Å². The van der Waals surface area contributed by atoms with E-state index in [4.69, 9.17) is 12.2 Å². The molecule has 0 atom stereocenters. The minimum Gasteiger partial charge on any atom is -0.465 e. The van der Waals surface area contributed by atoms with Gasteiger partial charge in [-0.2, -0.15) is 14.9 Å². The lowest BCUT2D eigenvalue weighted by atomic mass is 9.92. The second-order valence-electron chi connectivity index (χ2n) is 10.0. The Bertz CT molecular complexity index is 1910. The van der Waals surface area contributed by atoms with E-state index in [0.717, 1.165) is 28.5 Å². The van der Waals surface area contributed by atoms with Gasteiger partial charge >= 0.3 is 11.7 Å². The van der Waals surface area contributed by atoms with Gasteiger partial charge in [0.1, 0.15) is 0 Å². The molecule has 0 saturated carbocycles. The van der Waals surface area contributed by atoms with E-state index in [2.05, 4.69) is 25.8 Å². The van der Waals surface area contributed by atoms with Crippen LogP contribution in [0.2, 0.25) is 0 Å². The molecule has 0 radical (unpaired) electrons. The van der Waals surface area contributed by atoms with Crippen LogP contribution in [0.15, 0.2) is 52.3 Å². The number of carbonyl (C=O) groups excluding carboxylic acids is 1. The fourth-order valence-electron chi connectivity index (χ4n) is 4.23. The van der Waals surface area contributed by atoms with Crippen LogP contribution in [-0.2, 0) is 14.8 Å². The van der Waals surface area contributed by atoms with Crippen LogP contribution >= 0.6 is 0 Å². The number of nitrogens with two attached hydrogens (primary N) is 1. The van der Waals surface area contributed by atoms with Crippen LogP contribution in [0.25, 0.3) is 22.0 Å². The summed E-state index contributed by atoms with van der Waals surface area (Å²) < 4.78 is 27.9. The maximum Gasteiger partial charge on any atom is 0.348 e. The second-order valence-corrected chi connectivity index (χ2v) is 11.7. The lowest BCUT2D eigenvalue weighted by Gasteiger charge is -2.15. The smallest absolute Gasteiger partial charge is 0.348 e. The number of ether oxygens (including phenoxy) is 1. The van der Waals surface area contributed by atoms with Crippen molar-refractivity contribution in [1.29, 1.82) is 0 Å². The van der Waals surface area contributed by atoms with E-state index in [9.17, 15) is 22.8 Å². The van der Waals surface area contributed by atoms with Crippen molar-refractivity contribution in [2.75, 3.05) is 23.9 Å². The number of hydrogen-bond donors (Lipinski definition) is 3. The van der Waals surface area contributed by atoms with Gasteiger partial charge in [-0.05, 0) is 58.9 Å². The zero-order valence-corrected chi connectivity index (χ0v) is 24.9. The van der Waals surface area contributed by atoms with E-state index in [-0.39, 0.29) is 17.2 Å². The molecule has 220 valence electrons. The summed E-state index contributed by atoms with van der Waals surface area (Å²) in [5.41, 5.74) is 9.31. The van der Waals surface area contributed by atoms with Crippen molar-refractivity contribution >= 4 is 32.6 Å². The Morgan fingerprint density at radius 3 is 2.29 bits per heavy atom. The van der Waals surface area contributed by atoms with Crippen LogP contribution in [0.4, 0.5) is 5.69 Å². The summed E-state index contributed by atoms with van der Waals surface area (Å²) in [6, 6.07) is 8.46. The molecule has 0 bridgehead atoms. The quantitative estimate of drug-likeness (QED) is 0.172. The van der Waals surface area contributed by atoms with E-state index >= 15 is 0 Å². The standard InChI is InChI=1S/C16H17N5O4S.C13H15NO2/c1-9(2)11-7-14-13(6-12(11)10-4-5-17-18-8-10)15(22)21(16(23)19-14)20-26(3,24)25;1-5-9-6-11(13(15)16-4)12(14)7-10(9)8(2)3/h4-9,20H,1-3H3,(H,19,23);1,6-8H,14H2,2-4H3. The third-order valence-corrected chi connectivity index (χ3v) is 6.76. The first kappa shape index (κ1) is 31.6. The number of fused-ring (bicyclic) bond motifs is 1. The Labute approximate surface area is 243 Å². The SMILES string of the molecule is C#Cc1cc(C(=O)OC)c(N)cc1C(C)C.CC(C)c1cc2[nH]c(=O)n(NS(C)(=O)=O)c(=O)c2cc1-c1ccnnc1. The van der Waals surface area contributed by atoms with E-state index in [1.165, 1.54) is 7.11 Å². The van der Waals surface area contributed by atoms with Gasteiger partial charge in [0.25, 0.3) is 5.56 Å². The molecule has 0 aliphatic carbocycles. The number of nitrogens with one attached hydrogen (secondary N) is 2. The predicted octanol–water partition coefficient (Wildman–Crippen LogP) is 2.93. The number of aromatic amines is 1. The van der Waals surface area contributed by atoms with E-state index in [1.807, 2.05) is 32.5 Å². The average Bonchev–Trinajstić information content (AvgIpc) is 2.94. The topological polar surface area (TPSA) is 179 Å². The molecule has 4 N–H and O–H groups in total. The first-order valence-electron chi connectivity index (χ1n) is 12.7. The lowest BCUT2D eigenvalue weighted by molar-refractivity contribution is 0.0602. The molecule has 0 aliphatic heterocycles. The number of benzene rings is 2. The molecule has 2 aromatic carbocycles. The minimum atomic E-state index is -3.80. The summed E-state index contributed by atoms with van der Waals surface area (Å²) >= 11 is 0. The van der Waals surface area contributed by atoms with Gasteiger partial charge in [0.2, 0.25) is 10.0 Å². The number of sulfonamides is 1. The number of terminal acetylenes is 1. The highest BCUT2D eigenvalue weighted by atomic mass is 32.2. The molecule has 13 heteroatoms. The zero-order chi connectivity index (χ0) is 31.4. The maximum absolute atomic E-state index is 12.7. The predicted molar refractivity (Wildman–Crippen MR) is 162 cm³/mol. The van der Waals surface area contributed by atoms with E-state index in [0.29, 0.717) is 27.0 Å². The van der Waals surface area contributed by atoms with Crippen LogP contribution in [0, 0.1) is 12.3 Å². The summed E-state index contributed by atoms with van der Waals surface area (Å²) in [6.07, 6.45) is 9.38. The fraction of sp³-hybridized carbons (Fsp3) is 0.276. The third kappa shape index (κ3) is 7.02. The summed E-state index contributed by atoms with van der Waals surface area (Å²) in [5, 5.41) is 7.79. The molecular weight excluding hydrogens is 560 g/mol. The monoisotopic (exact) mass is 592 g/mol. The fourth-order valence-corrected chi connectivity index (χ4v) is 4.73. The Balaban J connectivity index is 0.000000260. The third-order valence-electron chi connectivity index (χ3n) is 6.25. The second kappa shape index (κ2) is 12.7. The van der Waals surface area contributed by atoms with Crippen LogP contribution in [0.5, 0.6) is 0 Å². The minimum absolute atomic E-state index is 0.114. The largest absolute Gasteiger partial charge is 0.465 e. The molecule has 0 fully saturated rings. The highest BCUT2D eigenvalue weighted by Gasteiger charge is 2.17. The molecular formula is C29H32N6O6S. The summed E-state index contributed by atoms with van der Waals surface area (Å²) in [5.74, 6) is 2.47. The van der Waals surface area contributed by atoms with Gasteiger partial charge in [-0.15, -0.1) is 6.42 Å². The molecule has 0 unspecified atom stereocenters. The maximum atomic E-state index is 12.7. The Morgan fingerprint density at radius 1 is 1.10 bits per heavy atom. The lowest BCUT2D eigenvalue weighted by Crippen LogP contribution is -2.43. The van der Waals surface area contributed by atoms with Gasteiger partial charge in [-0.3, -0.25) is 4.79 Å². The van der Waals surface area contributed by atoms with E-state index < -0.39 is 27.2 Å². The summed E-state index contributed by atoms with van der Waals surface area (Å²) in [6.45, 7) is 8.02. The van der Waals surface area contributed by atoms with Crippen molar-refractivity contribution in [2.45, 2.75) is 39.5 Å². The number of anilines is 1. The van der Waals surface area contributed by atoms with Crippen LogP contribution in [0.3, 0.4) is 0 Å². The molecule has 0 spiro atoms. The van der Waals surface area contributed by atoms with Gasteiger partial charge in [-0.25, -0.2) is 22.8 Å². The zero-order valence-electron chi connectivity index (χ0n) is 24.1. The van der Waals surface area contributed by atoms with Crippen LogP contribution in [-0.4, -0.2) is 47.6 Å². The van der Waals surface area contributed by atoms with Crippen molar-refractivity contribution in [2.24, 2.45) is 0 Å². The number of rotatable bonds is 6. The molecule has 4 rings (SSSR count). The number of H-pyrrole nitrogens is 1. The number of esters is 1. The normalized spacial score (nSPS) is 11.1. The Kier molecular flexibility index (Phi) is 9.54. The number of methoxy groups -OCH3 is 1. The van der Waals surface area contributed by atoms with Crippen molar-refractivity contribution in [3.05, 3.63) is 85.8 Å². The van der Waals surface area contributed by atoms with Crippen LogP contribution in [0.1, 0.15) is 66.6 Å². The Morgan fingerprint density at radius 2 is 1.76 bits per heavy atom. The van der Waals surface area contributed by atoms with Crippen molar-refractivity contribution in [3.8, 4) is 23.5 Å². The number of nitrogens with zero attached hydrogens (tertiary/aromatic N) is 3. The van der Waals surface area contributed by atoms with E-state index in [1.54, 1.807) is 42.7 Å². The number of nitrogen functional groups attached to an aromatic ring is 1. The number of aromatic nitrogens is 4. The molecule has 0 aliphatic rings. The van der Waals surface area contributed by atoms with Gasteiger partial charge in [0.15, 0.2) is 0 Å². The first-order valence-corrected chi connectivity index (χ1v) is 14.6. The summed E-state index contributed by atoms with van der Waals surface area (Å²) in [7, 11) is -2.49. The molecule has 0 amide bonds. The molecule has 2 aromatic heterocycles. The van der Waals surface area contributed by atoms with Crippen LogP contribution < -0.4 is 21.8 Å². The van der Waals surface area contributed by atoms with Crippen molar-refractivity contribution < 1.29 is 17.9 Å². The number of hydrogen-bond acceptors (Lipinski definition) is 9. The molecule has 0 saturated heterocycles. The van der Waals surface area contributed by atoms with Gasteiger partial charge in [0.05, 0.1) is 42.2 Å². The number of carbonyl (C=O) groups is 1. The molecule has 12 nitrogen and oxygen atoms in total. The van der Waals surface area contributed by atoms with Gasteiger partial charge < -0.3 is 15.5 Å². The molecule has 4 aromatic rings. The first-order chi connectivity index (χ1) is 19.7. The highest BCUT2D eigenvalue weighted by molar-refractivity contribution is 7.91. The molecule has 2 heterocycles. The Hall–Kier alpha value is -4.96. The van der Waals surface area contributed by atoms with Gasteiger partial charge in [0, 0.05) is 16.8 Å². The van der Waals surface area contributed by atoms with Gasteiger partial charge in [-0.1, -0.05) is 33.6 Å². The average molecular weight is 593 g/mol.